The summed E-state index contributed by atoms with van der Waals surface area (Å²) in [5.41, 5.74) is 1.57. The highest BCUT2D eigenvalue weighted by atomic mass is 19.1. The zero-order valence-corrected chi connectivity index (χ0v) is 20.7. The van der Waals surface area contributed by atoms with Gasteiger partial charge in [0, 0.05) is 36.9 Å². The number of rotatable bonds is 4. The highest BCUT2D eigenvalue weighted by molar-refractivity contribution is 6.11. The van der Waals surface area contributed by atoms with Crippen LogP contribution in [-0.2, 0) is 4.74 Å². The number of aromatic nitrogens is 1. The second kappa shape index (κ2) is 9.55. The second-order valence-corrected chi connectivity index (χ2v) is 10.2. The molecule has 1 amide bonds. The number of ether oxygens (including phenoxy) is 1. The Bertz CT molecular complexity index is 1230. The van der Waals surface area contributed by atoms with Crippen LogP contribution in [0, 0.1) is 12.7 Å². The van der Waals surface area contributed by atoms with Crippen LogP contribution in [0.2, 0.25) is 0 Å². The molecule has 2 saturated heterocycles. The number of anilines is 2. The Morgan fingerprint density at radius 1 is 1.26 bits per heavy atom. The first kappa shape index (κ1) is 23.7. The molecule has 1 N–H and O–H groups in total. The van der Waals surface area contributed by atoms with Gasteiger partial charge in [0.2, 0.25) is 0 Å². The fourth-order valence-electron chi connectivity index (χ4n) is 5.30. The van der Waals surface area contributed by atoms with Gasteiger partial charge in [-0.05, 0) is 75.4 Å². The van der Waals surface area contributed by atoms with Crippen molar-refractivity contribution in [2.24, 2.45) is 0 Å². The lowest BCUT2D eigenvalue weighted by Crippen LogP contribution is -2.50. The summed E-state index contributed by atoms with van der Waals surface area (Å²) in [5.74, 6) is -0.270. The number of pyridine rings is 1. The van der Waals surface area contributed by atoms with Crippen molar-refractivity contribution in [3.8, 4) is 0 Å². The van der Waals surface area contributed by atoms with E-state index in [2.05, 4.69) is 15.2 Å². The third kappa shape index (κ3) is 4.75. The van der Waals surface area contributed by atoms with Crippen molar-refractivity contribution in [2.75, 3.05) is 42.6 Å². The van der Waals surface area contributed by atoms with E-state index in [1.807, 2.05) is 51.1 Å². The first-order chi connectivity index (χ1) is 16.8. The molecule has 7 heteroatoms. The molecule has 3 heterocycles. The summed E-state index contributed by atoms with van der Waals surface area (Å²) in [5, 5.41) is 5.34. The van der Waals surface area contributed by atoms with E-state index in [1.165, 1.54) is 6.07 Å². The minimum atomic E-state index is -0.512. The predicted octanol–water partition coefficient (Wildman–Crippen LogP) is 4.70. The molecule has 0 unspecified atom stereocenters. The molecule has 2 aliphatic heterocycles. The molecule has 0 bridgehead atoms. The van der Waals surface area contributed by atoms with Gasteiger partial charge in [-0.15, -0.1) is 0 Å². The molecule has 2 aromatic carbocycles. The predicted molar refractivity (Wildman–Crippen MR) is 138 cm³/mol. The number of halogens is 1. The molecule has 0 spiro atoms. The molecule has 2 aliphatic rings. The van der Waals surface area contributed by atoms with E-state index < -0.39 is 5.82 Å². The number of fused-ring (bicyclic) bond motifs is 1. The quantitative estimate of drug-likeness (QED) is 0.592. The minimum Gasteiger partial charge on any atom is -0.372 e. The van der Waals surface area contributed by atoms with Gasteiger partial charge >= 0.3 is 0 Å². The maximum atomic E-state index is 15.5. The van der Waals surface area contributed by atoms with E-state index in [0.29, 0.717) is 32.1 Å². The molecule has 6 nitrogen and oxygen atoms in total. The molecule has 0 radical (unpaired) electrons. The molecule has 1 atom stereocenters. The summed E-state index contributed by atoms with van der Waals surface area (Å²) in [6, 6.07) is 12.8. The molecule has 35 heavy (non-hydrogen) atoms. The van der Waals surface area contributed by atoms with Gasteiger partial charge in [0.1, 0.15) is 11.6 Å². The number of aryl methyl sites for hydroxylation is 1. The van der Waals surface area contributed by atoms with Crippen molar-refractivity contribution >= 4 is 28.2 Å². The lowest BCUT2D eigenvalue weighted by molar-refractivity contribution is -0.0277. The summed E-state index contributed by atoms with van der Waals surface area (Å²) in [4.78, 5) is 22.5. The molecule has 184 valence electrons. The number of carbonyl (C=O) groups excluding carboxylic acids is 1. The van der Waals surface area contributed by atoms with Crippen molar-refractivity contribution in [1.82, 2.24) is 10.3 Å². The number of piperidine rings is 1. The summed E-state index contributed by atoms with van der Waals surface area (Å²) >= 11 is 0. The van der Waals surface area contributed by atoms with Crippen molar-refractivity contribution in [3.63, 3.8) is 0 Å². The monoisotopic (exact) mass is 476 g/mol. The molecular weight excluding hydrogens is 443 g/mol. The van der Waals surface area contributed by atoms with Crippen molar-refractivity contribution in [1.29, 1.82) is 0 Å². The zero-order chi connectivity index (χ0) is 24.6. The fourth-order valence-corrected chi connectivity index (χ4v) is 5.30. The summed E-state index contributed by atoms with van der Waals surface area (Å²) < 4.78 is 21.3. The first-order valence-corrected chi connectivity index (χ1v) is 12.4. The van der Waals surface area contributed by atoms with Gasteiger partial charge in [-0.3, -0.25) is 9.69 Å². The van der Waals surface area contributed by atoms with E-state index in [-0.39, 0.29) is 23.1 Å². The summed E-state index contributed by atoms with van der Waals surface area (Å²) in [6.45, 7) is 9.59. The Labute approximate surface area is 206 Å². The number of hydrogen-bond donors (Lipinski definition) is 1. The van der Waals surface area contributed by atoms with Gasteiger partial charge in [0.05, 0.1) is 23.8 Å². The Hall–Kier alpha value is -3.03. The van der Waals surface area contributed by atoms with Crippen LogP contribution in [0.1, 0.15) is 42.6 Å². The lowest BCUT2D eigenvalue weighted by Gasteiger charge is -2.39. The van der Waals surface area contributed by atoms with Gasteiger partial charge in [0.25, 0.3) is 5.91 Å². The van der Waals surface area contributed by atoms with Crippen LogP contribution in [0.15, 0.2) is 48.7 Å². The Balaban J connectivity index is 1.54. The molecule has 1 aromatic heterocycles. The molecule has 3 aromatic rings. The van der Waals surface area contributed by atoms with E-state index in [0.717, 1.165) is 41.4 Å². The molecule has 5 rings (SSSR count). The normalized spacial score (nSPS) is 20.1. The summed E-state index contributed by atoms with van der Waals surface area (Å²) in [6.07, 6.45) is 3.52. The Morgan fingerprint density at radius 3 is 2.86 bits per heavy atom. The molecule has 0 aliphatic carbocycles. The van der Waals surface area contributed by atoms with Gasteiger partial charge in [-0.25, -0.2) is 9.37 Å². The van der Waals surface area contributed by atoms with Crippen LogP contribution >= 0.6 is 0 Å². The van der Waals surface area contributed by atoms with E-state index >= 15 is 4.39 Å². The maximum Gasteiger partial charge on any atom is 0.262 e. The van der Waals surface area contributed by atoms with Crippen LogP contribution < -0.4 is 15.1 Å². The third-order valence-electron chi connectivity index (χ3n) is 7.04. The largest absolute Gasteiger partial charge is 0.372 e. The Kier molecular flexibility index (Phi) is 6.47. The number of amides is 1. The summed E-state index contributed by atoms with van der Waals surface area (Å²) in [7, 11) is 0. The smallest absolute Gasteiger partial charge is 0.262 e. The Morgan fingerprint density at radius 2 is 2.11 bits per heavy atom. The van der Waals surface area contributed by atoms with Crippen molar-refractivity contribution in [2.45, 2.75) is 45.3 Å². The second-order valence-electron chi connectivity index (χ2n) is 10.2. The molecule has 2 fully saturated rings. The van der Waals surface area contributed by atoms with Gasteiger partial charge in [0.15, 0.2) is 0 Å². The number of nitrogens with zero attached hydrogens (tertiary/aromatic N) is 3. The van der Waals surface area contributed by atoms with Gasteiger partial charge in [-0.2, -0.15) is 0 Å². The number of nitrogens with one attached hydrogen (secondary N) is 1. The van der Waals surface area contributed by atoms with Crippen molar-refractivity contribution < 1.29 is 13.9 Å². The SMILES string of the molecule is Cc1cccc2ccnc(N(C(=O)c3ccc(N4CCOC(C)(C)C4)cc3F)[C@@H]3CCCNC3)c12. The van der Waals surface area contributed by atoms with Gasteiger partial charge in [-0.1, -0.05) is 18.2 Å². The zero-order valence-electron chi connectivity index (χ0n) is 20.7. The molecular formula is C28H33FN4O2. The van der Waals surface area contributed by atoms with Crippen LogP contribution in [0.25, 0.3) is 10.8 Å². The number of carbonyl (C=O) groups is 1. The minimum absolute atomic E-state index is 0.0687. The van der Waals surface area contributed by atoms with E-state index in [9.17, 15) is 4.79 Å². The number of hydrogen-bond acceptors (Lipinski definition) is 5. The van der Waals surface area contributed by atoms with Crippen LogP contribution in [0.3, 0.4) is 0 Å². The topological polar surface area (TPSA) is 57.7 Å². The van der Waals surface area contributed by atoms with E-state index in [4.69, 9.17) is 4.74 Å². The maximum absolute atomic E-state index is 15.5. The first-order valence-electron chi connectivity index (χ1n) is 12.4. The standard InChI is InChI=1S/C28H33FN4O2/c1-19-6-4-7-20-11-13-31-26(25(19)20)33(22-8-5-12-30-17-22)27(34)23-10-9-21(16-24(23)29)32-14-15-35-28(2,3)18-32/h4,6-7,9-11,13,16,22,30H,5,8,12,14-15,17-18H2,1-3H3/t22-/m1/s1. The van der Waals surface area contributed by atoms with E-state index in [1.54, 1.807) is 17.2 Å². The highest BCUT2D eigenvalue weighted by Crippen LogP contribution is 2.32. The van der Waals surface area contributed by atoms with Crippen LogP contribution in [-0.4, -0.2) is 55.3 Å². The third-order valence-corrected chi connectivity index (χ3v) is 7.04. The van der Waals surface area contributed by atoms with Crippen molar-refractivity contribution in [3.05, 3.63) is 65.6 Å². The average molecular weight is 477 g/mol. The lowest BCUT2D eigenvalue weighted by atomic mass is 10.0. The highest BCUT2D eigenvalue weighted by Gasteiger charge is 2.32. The number of benzene rings is 2. The number of morpholine rings is 1. The van der Waals surface area contributed by atoms with Gasteiger partial charge < -0.3 is 15.0 Å². The molecule has 0 saturated carbocycles. The van der Waals surface area contributed by atoms with Crippen LogP contribution in [0.5, 0.6) is 0 Å². The average Bonchev–Trinajstić information content (AvgIpc) is 2.84. The fraction of sp³-hybridized carbons (Fsp3) is 0.429. The van der Waals surface area contributed by atoms with Crippen LogP contribution in [0.4, 0.5) is 15.9 Å².